The molecular formula is C13H20N2O5. The zero-order chi connectivity index (χ0) is 15.5. The van der Waals surface area contributed by atoms with Crippen molar-refractivity contribution >= 4 is 12.1 Å². The minimum atomic E-state index is -1.04. The van der Waals surface area contributed by atoms with Crippen LogP contribution in [0.5, 0.6) is 0 Å². The Morgan fingerprint density at radius 2 is 2.00 bits per heavy atom. The second kappa shape index (κ2) is 5.94. The Balaban J connectivity index is 2.91. The molecule has 1 amide bonds. The first-order chi connectivity index (χ1) is 9.10. The number of nitrogens with zero attached hydrogens (tertiary/aromatic N) is 1. The minimum absolute atomic E-state index is 0.276. The standard InChI is InChI=1S/C13H20N2O5/c1-7-11(8(2)20-15-7)9(6-10(16)17)14-12(18)19-13(3,4)5/h9H,6H2,1-5H3,(H,14,18)(H,16,17)/t9-/m0/s1. The Hall–Kier alpha value is -2.05. The number of aliphatic carboxylic acids is 1. The fourth-order valence-electron chi connectivity index (χ4n) is 1.84. The molecule has 1 heterocycles. The molecule has 0 fully saturated rings. The van der Waals surface area contributed by atoms with Crippen molar-refractivity contribution in [1.82, 2.24) is 10.5 Å². The normalized spacial score (nSPS) is 12.8. The van der Waals surface area contributed by atoms with Crippen molar-refractivity contribution in [1.29, 1.82) is 0 Å². The van der Waals surface area contributed by atoms with Gasteiger partial charge in [-0.3, -0.25) is 4.79 Å². The molecule has 0 aromatic carbocycles. The van der Waals surface area contributed by atoms with Gasteiger partial charge in [-0.2, -0.15) is 0 Å². The molecule has 0 unspecified atom stereocenters. The van der Waals surface area contributed by atoms with Crippen molar-refractivity contribution in [3.8, 4) is 0 Å². The van der Waals surface area contributed by atoms with Gasteiger partial charge in [0.05, 0.1) is 18.2 Å². The molecule has 7 heteroatoms. The highest BCUT2D eigenvalue weighted by molar-refractivity contribution is 5.72. The lowest BCUT2D eigenvalue weighted by Gasteiger charge is -2.23. The zero-order valence-corrected chi connectivity index (χ0v) is 12.3. The predicted molar refractivity (Wildman–Crippen MR) is 70.3 cm³/mol. The van der Waals surface area contributed by atoms with Crippen LogP contribution in [0.2, 0.25) is 0 Å². The van der Waals surface area contributed by atoms with Crippen LogP contribution >= 0.6 is 0 Å². The highest BCUT2D eigenvalue weighted by Crippen LogP contribution is 2.24. The number of hydrogen-bond acceptors (Lipinski definition) is 5. The Labute approximate surface area is 117 Å². The maximum Gasteiger partial charge on any atom is 0.408 e. The minimum Gasteiger partial charge on any atom is -0.481 e. The Kier molecular flexibility index (Phi) is 4.75. The molecule has 0 radical (unpaired) electrons. The Morgan fingerprint density at radius 1 is 1.40 bits per heavy atom. The van der Waals surface area contributed by atoms with Gasteiger partial charge in [-0.1, -0.05) is 5.16 Å². The maximum absolute atomic E-state index is 11.8. The van der Waals surface area contributed by atoms with Crippen molar-refractivity contribution in [2.75, 3.05) is 0 Å². The number of ether oxygens (including phenoxy) is 1. The molecule has 0 aliphatic heterocycles. The van der Waals surface area contributed by atoms with Crippen molar-refractivity contribution < 1.29 is 24.0 Å². The average molecular weight is 284 g/mol. The monoisotopic (exact) mass is 284 g/mol. The molecule has 7 nitrogen and oxygen atoms in total. The van der Waals surface area contributed by atoms with Gasteiger partial charge in [-0.05, 0) is 34.6 Å². The summed E-state index contributed by atoms with van der Waals surface area (Å²) in [5, 5.41) is 15.3. The van der Waals surface area contributed by atoms with Crippen LogP contribution in [0.1, 0.15) is 50.3 Å². The third-order valence-corrected chi connectivity index (χ3v) is 2.51. The molecule has 0 aliphatic rings. The molecule has 1 atom stereocenters. The highest BCUT2D eigenvalue weighted by atomic mass is 16.6. The van der Waals surface area contributed by atoms with Gasteiger partial charge in [0.2, 0.25) is 0 Å². The lowest BCUT2D eigenvalue weighted by Crippen LogP contribution is -2.36. The number of rotatable bonds is 4. The van der Waals surface area contributed by atoms with Crippen LogP contribution in [0.15, 0.2) is 4.52 Å². The fourth-order valence-corrected chi connectivity index (χ4v) is 1.84. The first-order valence-corrected chi connectivity index (χ1v) is 6.24. The van der Waals surface area contributed by atoms with E-state index in [1.165, 1.54) is 0 Å². The third kappa shape index (κ3) is 4.56. The van der Waals surface area contributed by atoms with Crippen LogP contribution in [0.4, 0.5) is 4.79 Å². The van der Waals surface area contributed by atoms with E-state index in [4.69, 9.17) is 14.4 Å². The fraction of sp³-hybridized carbons (Fsp3) is 0.615. The summed E-state index contributed by atoms with van der Waals surface area (Å²) in [5.41, 5.74) is 0.458. The summed E-state index contributed by atoms with van der Waals surface area (Å²) in [4.78, 5) is 22.7. The first-order valence-electron chi connectivity index (χ1n) is 6.24. The number of hydrogen-bond donors (Lipinski definition) is 2. The van der Waals surface area contributed by atoms with Crippen LogP contribution in [-0.2, 0) is 9.53 Å². The molecule has 0 saturated carbocycles. The number of carboxylic acid groups (broad SMARTS) is 1. The Bertz CT molecular complexity index is 482. The van der Waals surface area contributed by atoms with Gasteiger partial charge < -0.3 is 19.7 Å². The first kappa shape index (κ1) is 16.0. The molecule has 1 rings (SSSR count). The number of aromatic nitrogens is 1. The van der Waals surface area contributed by atoms with Crippen LogP contribution in [0, 0.1) is 13.8 Å². The number of alkyl carbamates (subject to hydrolysis) is 1. The van der Waals surface area contributed by atoms with E-state index in [-0.39, 0.29) is 6.42 Å². The summed E-state index contributed by atoms with van der Waals surface area (Å²) in [5.74, 6) is -0.559. The number of carboxylic acids is 1. The highest BCUT2D eigenvalue weighted by Gasteiger charge is 2.26. The van der Waals surface area contributed by atoms with Gasteiger partial charge in [-0.25, -0.2) is 4.79 Å². The molecule has 112 valence electrons. The predicted octanol–water partition coefficient (Wildman–Crippen LogP) is 2.33. The molecule has 1 aromatic heterocycles. The number of nitrogens with one attached hydrogen (secondary N) is 1. The van der Waals surface area contributed by atoms with E-state index in [2.05, 4.69) is 10.5 Å². The maximum atomic E-state index is 11.8. The van der Waals surface area contributed by atoms with Gasteiger partial charge >= 0.3 is 12.1 Å². The van der Waals surface area contributed by atoms with Crippen LogP contribution in [-0.4, -0.2) is 27.9 Å². The van der Waals surface area contributed by atoms with Gasteiger partial charge in [0.25, 0.3) is 0 Å². The van der Waals surface area contributed by atoms with E-state index in [1.54, 1.807) is 34.6 Å². The number of carbonyl (C=O) groups is 2. The molecule has 0 spiro atoms. The molecule has 0 bridgehead atoms. The SMILES string of the molecule is Cc1noc(C)c1[C@H](CC(=O)O)NC(=O)OC(C)(C)C. The van der Waals surface area contributed by atoms with E-state index in [0.29, 0.717) is 17.0 Å². The summed E-state index contributed by atoms with van der Waals surface area (Å²) in [6, 6.07) is -0.742. The van der Waals surface area contributed by atoms with E-state index in [0.717, 1.165) is 0 Å². The largest absolute Gasteiger partial charge is 0.481 e. The van der Waals surface area contributed by atoms with Gasteiger partial charge in [0.15, 0.2) is 0 Å². The van der Waals surface area contributed by atoms with Crippen molar-refractivity contribution in [3.05, 3.63) is 17.0 Å². The summed E-state index contributed by atoms with van der Waals surface area (Å²) < 4.78 is 10.1. The third-order valence-electron chi connectivity index (χ3n) is 2.51. The van der Waals surface area contributed by atoms with E-state index >= 15 is 0 Å². The number of aryl methyl sites for hydroxylation is 2. The summed E-state index contributed by atoms with van der Waals surface area (Å²) in [6.45, 7) is 8.55. The van der Waals surface area contributed by atoms with Crippen molar-refractivity contribution in [2.45, 2.75) is 52.7 Å². The van der Waals surface area contributed by atoms with Crippen LogP contribution in [0.3, 0.4) is 0 Å². The molecule has 2 N–H and O–H groups in total. The average Bonchev–Trinajstić information content (AvgIpc) is 2.53. The van der Waals surface area contributed by atoms with Crippen LogP contribution < -0.4 is 5.32 Å². The molecule has 0 saturated heterocycles. The van der Waals surface area contributed by atoms with E-state index in [1.807, 2.05) is 0 Å². The summed E-state index contributed by atoms with van der Waals surface area (Å²) >= 11 is 0. The van der Waals surface area contributed by atoms with E-state index < -0.39 is 23.7 Å². The second-order valence-electron chi connectivity index (χ2n) is 5.53. The van der Waals surface area contributed by atoms with Crippen molar-refractivity contribution in [2.24, 2.45) is 0 Å². The number of carbonyl (C=O) groups excluding carboxylic acids is 1. The summed E-state index contributed by atoms with van der Waals surface area (Å²) in [7, 11) is 0. The van der Waals surface area contributed by atoms with Gasteiger partial charge in [0, 0.05) is 5.56 Å². The molecule has 20 heavy (non-hydrogen) atoms. The van der Waals surface area contributed by atoms with Gasteiger partial charge in [0.1, 0.15) is 11.4 Å². The number of amides is 1. The van der Waals surface area contributed by atoms with Crippen LogP contribution in [0.25, 0.3) is 0 Å². The van der Waals surface area contributed by atoms with E-state index in [9.17, 15) is 9.59 Å². The van der Waals surface area contributed by atoms with Gasteiger partial charge in [-0.15, -0.1) is 0 Å². The summed E-state index contributed by atoms with van der Waals surface area (Å²) in [6.07, 6.45) is -0.953. The molecule has 1 aromatic rings. The van der Waals surface area contributed by atoms with Crippen molar-refractivity contribution in [3.63, 3.8) is 0 Å². The smallest absolute Gasteiger partial charge is 0.408 e. The molecule has 0 aliphatic carbocycles. The lowest BCUT2D eigenvalue weighted by atomic mass is 10.0. The molecular weight excluding hydrogens is 264 g/mol. The topological polar surface area (TPSA) is 102 Å². The zero-order valence-electron chi connectivity index (χ0n) is 12.3. The lowest BCUT2D eigenvalue weighted by molar-refractivity contribution is -0.137. The second-order valence-corrected chi connectivity index (χ2v) is 5.53. The quantitative estimate of drug-likeness (QED) is 0.879. The Morgan fingerprint density at radius 3 is 2.40 bits per heavy atom.